The lowest BCUT2D eigenvalue weighted by atomic mass is 10.0. The highest BCUT2D eigenvalue weighted by atomic mass is 16.5. The summed E-state index contributed by atoms with van der Waals surface area (Å²) >= 11 is 0. The zero-order valence-corrected chi connectivity index (χ0v) is 17.2. The summed E-state index contributed by atoms with van der Waals surface area (Å²) in [4.78, 5) is 31.6. The fourth-order valence-electron chi connectivity index (χ4n) is 3.29. The number of hydrogen-bond acceptors (Lipinski definition) is 6. The van der Waals surface area contributed by atoms with Crippen LogP contribution in [-0.2, 0) is 22.4 Å². The van der Waals surface area contributed by atoms with Crippen LogP contribution < -0.4 is 10.3 Å². The van der Waals surface area contributed by atoms with Gasteiger partial charge in [0.1, 0.15) is 11.6 Å². The molecule has 1 aromatic carbocycles. The molecule has 154 valence electrons. The molecule has 0 aliphatic rings. The number of nitrogens with zero attached hydrogens (tertiary/aromatic N) is 3. The number of nitrogens with one attached hydrogen (secondary N) is 1. The van der Waals surface area contributed by atoms with Gasteiger partial charge in [-0.15, -0.1) is 5.10 Å². The quantitative estimate of drug-likeness (QED) is 0.586. The van der Waals surface area contributed by atoms with Gasteiger partial charge in [0.05, 0.1) is 25.0 Å². The van der Waals surface area contributed by atoms with Crippen LogP contribution in [0, 0.1) is 6.92 Å². The van der Waals surface area contributed by atoms with Crippen molar-refractivity contribution in [2.45, 2.75) is 46.5 Å². The van der Waals surface area contributed by atoms with E-state index >= 15 is 0 Å². The molecule has 0 saturated carbocycles. The highest BCUT2D eigenvalue weighted by Crippen LogP contribution is 2.29. The molecule has 0 bridgehead atoms. The van der Waals surface area contributed by atoms with E-state index in [1.807, 2.05) is 32.0 Å². The van der Waals surface area contributed by atoms with E-state index in [-0.39, 0.29) is 17.9 Å². The van der Waals surface area contributed by atoms with Crippen LogP contribution in [0.5, 0.6) is 5.75 Å². The lowest BCUT2D eigenvalue weighted by Gasteiger charge is -2.12. The normalized spacial score (nSPS) is 11.0. The van der Waals surface area contributed by atoms with E-state index in [2.05, 4.69) is 22.0 Å². The molecular weight excluding hydrogens is 372 g/mol. The van der Waals surface area contributed by atoms with Crippen molar-refractivity contribution in [2.75, 3.05) is 13.7 Å². The molecule has 29 heavy (non-hydrogen) atoms. The highest BCUT2D eigenvalue weighted by molar-refractivity contribution is 5.70. The van der Waals surface area contributed by atoms with E-state index in [9.17, 15) is 9.59 Å². The van der Waals surface area contributed by atoms with E-state index < -0.39 is 0 Å². The predicted molar refractivity (Wildman–Crippen MR) is 109 cm³/mol. The van der Waals surface area contributed by atoms with Gasteiger partial charge in [-0.1, -0.05) is 13.0 Å². The summed E-state index contributed by atoms with van der Waals surface area (Å²) in [6, 6.07) is 5.63. The van der Waals surface area contributed by atoms with Crippen LogP contribution in [0.1, 0.15) is 43.8 Å². The second kappa shape index (κ2) is 8.89. The van der Waals surface area contributed by atoms with Crippen molar-refractivity contribution in [3.05, 3.63) is 45.6 Å². The highest BCUT2D eigenvalue weighted by Gasteiger charge is 2.17. The number of H-pyrrole nitrogens is 1. The molecule has 8 nitrogen and oxygen atoms in total. The van der Waals surface area contributed by atoms with Crippen LogP contribution in [0.3, 0.4) is 0 Å². The molecule has 0 aliphatic heterocycles. The van der Waals surface area contributed by atoms with Crippen LogP contribution in [0.2, 0.25) is 0 Å². The Morgan fingerprint density at radius 2 is 2.03 bits per heavy atom. The van der Waals surface area contributed by atoms with Gasteiger partial charge in [-0.05, 0) is 44.4 Å². The Kier molecular flexibility index (Phi) is 6.31. The first kappa shape index (κ1) is 20.6. The van der Waals surface area contributed by atoms with E-state index in [1.165, 1.54) is 7.11 Å². The molecule has 0 saturated heterocycles. The third-order valence-corrected chi connectivity index (χ3v) is 4.66. The number of aromatic nitrogens is 4. The molecule has 0 unspecified atom stereocenters. The maximum Gasteiger partial charge on any atom is 0.305 e. The van der Waals surface area contributed by atoms with E-state index in [0.717, 1.165) is 24.2 Å². The van der Waals surface area contributed by atoms with Crippen molar-refractivity contribution < 1.29 is 14.3 Å². The number of carbonyl (C=O) groups excluding carboxylic acids is 1. The van der Waals surface area contributed by atoms with Crippen molar-refractivity contribution in [1.29, 1.82) is 0 Å². The summed E-state index contributed by atoms with van der Waals surface area (Å²) in [5.41, 5.74) is 2.46. The van der Waals surface area contributed by atoms with Crippen LogP contribution >= 0.6 is 0 Å². The van der Waals surface area contributed by atoms with Gasteiger partial charge >= 0.3 is 5.97 Å². The molecule has 2 heterocycles. The maximum atomic E-state index is 12.8. The number of aromatic amines is 1. The Morgan fingerprint density at radius 3 is 2.72 bits per heavy atom. The molecule has 3 aromatic rings. The summed E-state index contributed by atoms with van der Waals surface area (Å²) in [6.45, 7) is 6.24. The van der Waals surface area contributed by atoms with E-state index in [1.54, 1.807) is 4.52 Å². The lowest BCUT2D eigenvalue weighted by molar-refractivity contribution is -0.140. The standard InChI is InChI=1S/C21H26N4O4/c1-5-7-17-22-13(3)19-21(27)23-20(24-25(17)19)15-12-14(9-11-18(26)28-4)8-10-16(15)29-6-2/h8,10,12H,5-7,9,11H2,1-4H3,(H,23,24,27). The fourth-order valence-corrected chi connectivity index (χ4v) is 3.29. The Bertz CT molecular complexity index is 1080. The Labute approximate surface area is 168 Å². The average Bonchev–Trinajstić information content (AvgIpc) is 3.03. The molecule has 0 radical (unpaired) electrons. The van der Waals surface area contributed by atoms with Crippen molar-refractivity contribution in [2.24, 2.45) is 0 Å². The van der Waals surface area contributed by atoms with Crippen LogP contribution in [0.15, 0.2) is 23.0 Å². The van der Waals surface area contributed by atoms with Gasteiger partial charge in [0.25, 0.3) is 5.56 Å². The number of ether oxygens (including phenoxy) is 2. The number of esters is 1. The van der Waals surface area contributed by atoms with Gasteiger partial charge < -0.3 is 14.5 Å². The first-order valence-electron chi connectivity index (χ1n) is 9.79. The molecule has 0 aliphatic carbocycles. The molecule has 1 N–H and O–H groups in total. The Morgan fingerprint density at radius 1 is 1.24 bits per heavy atom. The van der Waals surface area contributed by atoms with Gasteiger partial charge in [0, 0.05) is 12.8 Å². The first-order valence-corrected chi connectivity index (χ1v) is 9.79. The molecule has 2 aromatic heterocycles. The fraction of sp³-hybridized carbons (Fsp3) is 0.429. The van der Waals surface area contributed by atoms with Gasteiger partial charge in [0.15, 0.2) is 11.3 Å². The number of methoxy groups -OCH3 is 1. The molecule has 0 atom stereocenters. The van der Waals surface area contributed by atoms with Crippen molar-refractivity contribution >= 4 is 11.5 Å². The summed E-state index contributed by atoms with van der Waals surface area (Å²) in [5.74, 6) is 1.50. The van der Waals surface area contributed by atoms with Crippen molar-refractivity contribution in [1.82, 2.24) is 19.6 Å². The predicted octanol–water partition coefficient (Wildman–Crippen LogP) is 2.85. The summed E-state index contributed by atoms with van der Waals surface area (Å²) < 4.78 is 12.1. The van der Waals surface area contributed by atoms with Crippen molar-refractivity contribution in [3.63, 3.8) is 0 Å². The molecule has 8 heteroatoms. The smallest absolute Gasteiger partial charge is 0.305 e. The van der Waals surface area contributed by atoms with E-state index in [0.29, 0.717) is 41.4 Å². The van der Waals surface area contributed by atoms with Gasteiger partial charge in [0.2, 0.25) is 0 Å². The minimum absolute atomic E-state index is 0.246. The monoisotopic (exact) mass is 398 g/mol. The summed E-state index contributed by atoms with van der Waals surface area (Å²) in [7, 11) is 1.37. The zero-order valence-electron chi connectivity index (χ0n) is 17.2. The largest absolute Gasteiger partial charge is 0.493 e. The maximum absolute atomic E-state index is 12.8. The zero-order chi connectivity index (χ0) is 21.0. The molecule has 0 spiro atoms. The molecule has 0 fully saturated rings. The van der Waals surface area contributed by atoms with Crippen LogP contribution in [0.25, 0.3) is 16.9 Å². The van der Waals surface area contributed by atoms with Gasteiger partial charge in [-0.3, -0.25) is 9.59 Å². The number of carbonyl (C=O) groups is 1. The van der Waals surface area contributed by atoms with Gasteiger partial charge in [-0.2, -0.15) is 0 Å². The third kappa shape index (κ3) is 4.31. The van der Waals surface area contributed by atoms with Crippen LogP contribution in [-0.4, -0.2) is 39.3 Å². The first-order chi connectivity index (χ1) is 14.0. The second-order valence-corrected chi connectivity index (χ2v) is 6.77. The minimum atomic E-state index is -0.272. The van der Waals surface area contributed by atoms with Gasteiger partial charge in [-0.25, -0.2) is 9.50 Å². The minimum Gasteiger partial charge on any atom is -0.493 e. The topological polar surface area (TPSA) is 98.6 Å². The number of aryl methyl sites for hydroxylation is 3. The third-order valence-electron chi connectivity index (χ3n) is 4.66. The number of benzene rings is 1. The number of imidazole rings is 1. The lowest BCUT2D eigenvalue weighted by Crippen LogP contribution is -2.16. The van der Waals surface area contributed by atoms with Crippen molar-refractivity contribution in [3.8, 4) is 17.1 Å². The van der Waals surface area contributed by atoms with Crippen LogP contribution in [0.4, 0.5) is 0 Å². The molecular formula is C21H26N4O4. The summed E-state index contributed by atoms with van der Waals surface area (Å²) in [5, 5.41) is 4.67. The Balaban J connectivity index is 2.12. The second-order valence-electron chi connectivity index (χ2n) is 6.77. The SMILES string of the molecule is CCCc1nc(C)c2c(=O)[nH]c(-c3cc(CCC(=O)OC)ccc3OCC)nn12. The van der Waals surface area contributed by atoms with E-state index in [4.69, 9.17) is 9.47 Å². The average molecular weight is 398 g/mol. The number of hydrogen-bond donors (Lipinski definition) is 1. The Hall–Kier alpha value is -3.16. The number of fused-ring (bicyclic) bond motifs is 1. The summed E-state index contributed by atoms with van der Waals surface area (Å²) in [6.07, 6.45) is 2.41. The molecule has 3 rings (SSSR count). The molecule has 0 amide bonds. The number of rotatable bonds is 8.